The lowest BCUT2D eigenvalue weighted by molar-refractivity contribution is 0.244. The molecule has 24 heavy (non-hydrogen) atoms. The Kier molecular flexibility index (Phi) is 4.51. The zero-order valence-electron chi connectivity index (χ0n) is 13.4. The van der Waals surface area contributed by atoms with E-state index in [1.807, 2.05) is 28.8 Å². The molecule has 0 N–H and O–H groups in total. The van der Waals surface area contributed by atoms with Gasteiger partial charge in [0.05, 0.1) is 0 Å². The van der Waals surface area contributed by atoms with Crippen LogP contribution in [0.4, 0.5) is 0 Å². The Bertz CT molecular complexity index is 831. The van der Waals surface area contributed by atoms with Gasteiger partial charge in [-0.05, 0) is 50.7 Å². The van der Waals surface area contributed by atoms with Crippen molar-refractivity contribution in [3.05, 3.63) is 39.6 Å². The minimum atomic E-state index is 0.404. The number of nitrogens with zero attached hydrogens (tertiary/aromatic N) is 5. The fourth-order valence-electron chi connectivity index (χ4n) is 3.04. The minimum absolute atomic E-state index is 0.404. The van der Waals surface area contributed by atoms with Crippen molar-refractivity contribution in [2.45, 2.75) is 25.4 Å². The van der Waals surface area contributed by atoms with Gasteiger partial charge in [0.15, 0.2) is 10.8 Å². The highest BCUT2D eigenvalue weighted by atomic mass is 79.9. The second kappa shape index (κ2) is 6.78. The lowest BCUT2D eigenvalue weighted by atomic mass is 9.98. The Hall–Kier alpha value is -1.51. The summed E-state index contributed by atoms with van der Waals surface area (Å²) in [5, 5.41) is 14.2. The van der Waals surface area contributed by atoms with Crippen molar-refractivity contribution in [1.82, 2.24) is 24.7 Å². The van der Waals surface area contributed by atoms with Gasteiger partial charge >= 0.3 is 0 Å². The molecule has 1 saturated heterocycles. The first-order chi connectivity index (χ1) is 11.7. The highest BCUT2D eigenvalue weighted by molar-refractivity contribution is 9.10. The molecule has 0 aliphatic carbocycles. The molecule has 0 radical (unpaired) electrons. The molecule has 126 valence electrons. The summed E-state index contributed by atoms with van der Waals surface area (Å²) in [6.07, 6.45) is 2.34. The van der Waals surface area contributed by atoms with Crippen molar-refractivity contribution in [3.8, 4) is 5.75 Å². The second-order valence-electron chi connectivity index (χ2n) is 6.09. The Morgan fingerprint density at radius 3 is 2.92 bits per heavy atom. The van der Waals surface area contributed by atoms with Crippen LogP contribution in [0.2, 0.25) is 0 Å². The van der Waals surface area contributed by atoms with Crippen LogP contribution in [0.3, 0.4) is 0 Å². The number of hydrogen-bond donors (Lipinski definition) is 0. The average molecular weight is 408 g/mol. The van der Waals surface area contributed by atoms with Crippen LogP contribution in [-0.2, 0) is 6.61 Å². The van der Waals surface area contributed by atoms with Crippen LogP contribution < -0.4 is 4.74 Å². The zero-order chi connectivity index (χ0) is 16.5. The Labute approximate surface area is 152 Å². The van der Waals surface area contributed by atoms with Crippen LogP contribution in [0.5, 0.6) is 5.75 Å². The van der Waals surface area contributed by atoms with E-state index in [0.29, 0.717) is 12.5 Å². The molecule has 2 aromatic heterocycles. The van der Waals surface area contributed by atoms with Crippen molar-refractivity contribution in [2.75, 3.05) is 20.1 Å². The number of fused-ring (bicyclic) bond motifs is 1. The molecule has 3 aromatic rings. The Morgan fingerprint density at radius 2 is 2.12 bits per heavy atom. The Morgan fingerprint density at radius 1 is 1.29 bits per heavy atom. The number of benzene rings is 1. The van der Waals surface area contributed by atoms with Gasteiger partial charge in [0.1, 0.15) is 12.4 Å². The molecule has 1 aliphatic rings. The topological polar surface area (TPSA) is 55.5 Å². The summed E-state index contributed by atoms with van der Waals surface area (Å²) in [5.74, 6) is 2.21. The van der Waals surface area contributed by atoms with Crippen LogP contribution in [0, 0.1) is 0 Å². The first-order valence-corrected chi connectivity index (χ1v) is 9.58. The lowest BCUT2D eigenvalue weighted by Crippen LogP contribution is -2.31. The molecular weight excluding hydrogens is 390 g/mol. The van der Waals surface area contributed by atoms with Gasteiger partial charge in [-0.2, -0.15) is 9.61 Å². The number of rotatable bonds is 4. The minimum Gasteiger partial charge on any atom is -0.486 e. The van der Waals surface area contributed by atoms with Crippen molar-refractivity contribution < 1.29 is 4.74 Å². The molecular formula is C16H18BrN5OS. The number of likely N-dealkylation sites (tertiary alicyclic amines) is 1. The smallest absolute Gasteiger partial charge is 0.234 e. The first-order valence-electron chi connectivity index (χ1n) is 7.97. The fourth-order valence-corrected chi connectivity index (χ4v) is 4.06. The monoisotopic (exact) mass is 407 g/mol. The predicted molar refractivity (Wildman–Crippen MR) is 96.6 cm³/mol. The lowest BCUT2D eigenvalue weighted by Gasteiger charge is -2.28. The highest BCUT2D eigenvalue weighted by Crippen LogP contribution is 2.27. The largest absolute Gasteiger partial charge is 0.486 e. The summed E-state index contributed by atoms with van der Waals surface area (Å²) in [6.45, 7) is 2.62. The van der Waals surface area contributed by atoms with Crippen LogP contribution in [0.1, 0.15) is 29.6 Å². The molecule has 0 bridgehead atoms. The van der Waals surface area contributed by atoms with Gasteiger partial charge in [-0.1, -0.05) is 27.3 Å². The van der Waals surface area contributed by atoms with Gasteiger partial charge in [-0.15, -0.1) is 10.2 Å². The third kappa shape index (κ3) is 3.31. The number of hydrogen-bond acceptors (Lipinski definition) is 6. The van der Waals surface area contributed by atoms with Crippen LogP contribution in [0.15, 0.2) is 28.7 Å². The van der Waals surface area contributed by atoms with Gasteiger partial charge in [-0.25, -0.2) is 0 Å². The van der Waals surface area contributed by atoms with Gasteiger partial charge in [0, 0.05) is 16.9 Å². The van der Waals surface area contributed by atoms with E-state index in [-0.39, 0.29) is 0 Å². The van der Waals surface area contributed by atoms with E-state index in [1.54, 1.807) is 0 Å². The van der Waals surface area contributed by atoms with Crippen LogP contribution >= 0.6 is 27.3 Å². The second-order valence-corrected chi connectivity index (χ2v) is 8.05. The number of halogens is 1. The highest BCUT2D eigenvalue weighted by Gasteiger charge is 2.25. The fraction of sp³-hybridized carbons (Fsp3) is 0.438. The standard InChI is InChI=1S/C16H18BrN5OS/c1-21-8-2-3-11(9-21)15-18-19-16-22(15)20-14(24-16)10-23-13-6-4-12(17)5-7-13/h4-7,11H,2-3,8-10H2,1H3. The van der Waals surface area contributed by atoms with Gasteiger partial charge < -0.3 is 9.64 Å². The maximum atomic E-state index is 5.81. The summed E-state index contributed by atoms with van der Waals surface area (Å²) in [7, 11) is 2.16. The van der Waals surface area contributed by atoms with E-state index in [2.05, 4.69) is 43.2 Å². The predicted octanol–water partition coefficient (Wildman–Crippen LogP) is 3.34. The van der Waals surface area contributed by atoms with E-state index in [9.17, 15) is 0 Å². The van der Waals surface area contributed by atoms with Gasteiger partial charge in [-0.3, -0.25) is 0 Å². The molecule has 1 aromatic carbocycles. The summed E-state index contributed by atoms with van der Waals surface area (Å²) < 4.78 is 8.74. The van der Waals surface area contributed by atoms with Gasteiger partial charge in [0.2, 0.25) is 4.96 Å². The summed E-state index contributed by atoms with van der Waals surface area (Å²) in [6, 6.07) is 7.80. The first kappa shape index (κ1) is 16.0. The number of ether oxygens (including phenoxy) is 1. The van der Waals surface area contributed by atoms with Crippen molar-refractivity contribution in [2.24, 2.45) is 0 Å². The van der Waals surface area contributed by atoms with Crippen molar-refractivity contribution in [1.29, 1.82) is 0 Å². The third-order valence-corrected chi connectivity index (χ3v) is 5.62. The molecule has 1 fully saturated rings. The maximum Gasteiger partial charge on any atom is 0.234 e. The van der Waals surface area contributed by atoms with Crippen molar-refractivity contribution in [3.63, 3.8) is 0 Å². The molecule has 0 saturated carbocycles. The third-order valence-electron chi connectivity index (χ3n) is 4.22. The molecule has 8 heteroatoms. The quantitative estimate of drug-likeness (QED) is 0.663. The van der Waals surface area contributed by atoms with E-state index in [4.69, 9.17) is 4.74 Å². The summed E-state index contributed by atoms with van der Waals surface area (Å²) in [4.78, 5) is 3.19. The molecule has 1 atom stereocenters. The number of likely N-dealkylation sites (N-methyl/N-ethyl adjacent to an activating group) is 1. The van der Waals surface area contributed by atoms with E-state index >= 15 is 0 Å². The molecule has 6 nitrogen and oxygen atoms in total. The molecule has 4 rings (SSSR count). The van der Waals surface area contributed by atoms with Gasteiger partial charge in [0.25, 0.3) is 0 Å². The number of piperidine rings is 1. The van der Waals surface area contributed by atoms with Crippen molar-refractivity contribution >= 4 is 32.2 Å². The maximum absolute atomic E-state index is 5.81. The molecule has 1 aliphatic heterocycles. The SMILES string of the molecule is CN1CCCC(c2nnc3sc(COc4ccc(Br)cc4)nn23)C1. The van der Waals surface area contributed by atoms with E-state index < -0.39 is 0 Å². The molecule has 0 spiro atoms. The normalized spacial score (nSPS) is 19.0. The number of aromatic nitrogens is 4. The van der Waals surface area contributed by atoms with Crippen LogP contribution in [-0.4, -0.2) is 44.8 Å². The molecule has 3 heterocycles. The van der Waals surface area contributed by atoms with E-state index in [1.165, 1.54) is 17.8 Å². The Balaban J connectivity index is 1.50. The molecule has 0 amide bonds. The molecule has 1 unspecified atom stereocenters. The summed E-state index contributed by atoms with van der Waals surface area (Å²) in [5.41, 5.74) is 0. The van der Waals surface area contributed by atoms with Crippen LogP contribution in [0.25, 0.3) is 4.96 Å². The average Bonchev–Trinajstić information content (AvgIpc) is 3.14. The summed E-state index contributed by atoms with van der Waals surface area (Å²) >= 11 is 4.96. The van der Waals surface area contributed by atoms with E-state index in [0.717, 1.165) is 45.5 Å². The zero-order valence-corrected chi connectivity index (χ0v) is 15.8.